The van der Waals surface area contributed by atoms with Crippen molar-refractivity contribution in [3.8, 4) is 0 Å². The van der Waals surface area contributed by atoms with E-state index in [2.05, 4.69) is 12.1 Å². The van der Waals surface area contributed by atoms with Crippen molar-refractivity contribution in [1.82, 2.24) is 0 Å². The molecule has 288 valence electrons. The minimum Gasteiger partial charge on any atom is -0.481 e. The number of benzene rings is 4. The molecule has 0 heterocycles. The number of carbonyl (C=O) groups excluding carboxylic acids is 2. The van der Waals surface area contributed by atoms with E-state index in [0.29, 0.717) is 6.61 Å². The van der Waals surface area contributed by atoms with Gasteiger partial charge in [-0.3, -0.25) is 19.2 Å². The highest BCUT2D eigenvalue weighted by Gasteiger charge is 2.60. The van der Waals surface area contributed by atoms with Gasteiger partial charge in [-0.25, -0.2) is 0 Å². The summed E-state index contributed by atoms with van der Waals surface area (Å²) >= 11 is 0. The molecule has 0 radical (unpaired) electrons. The van der Waals surface area contributed by atoms with Gasteiger partial charge in [0.2, 0.25) is 0 Å². The van der Waals surface area contributed by atoms with Crippen LogP contribution in [0.3, 0.4) is 0 Å². The average Bonchev–Trinajstić information content (AvgIpc) is 3.14. The Morgan fingerprint density at radius 3 is 1.29 bits per heavy atom. The van der Waals surface area contributed by atoms with Gasteiger partial charge in [-0.2, -0.15) is 0 Å². The highest BCUT2D eigenvalue weighted by molar-refractivity contribution is 5.85. The van der Waals surface area contributed by atoms with Crippen LogP contribution in [0.25, 0.3) is 0 Å². The molecule has 4 aromatic carbocycles. The van der Waals surface area contributed by atoms with E-state index in [0.717, 1.165) is 67.2 Å². The summed E-state index contributed by atoms with van der Waals surface area (Å²) in [6, 6.07) is 36.3. The lowest BCUT2D eigenvalue weighted by atomic mass is 9.52. The fourth-order valence-corrected chi connectivity index (χ4v) is 9.01. The molecule has 0 amide bonds. The summed E-state index contributed by atoms with van der Waals surface area (Å²) in [7, 11) is 0. The van der Waals surface area contributed by atoms with Gasteiger partial charge in [0.1, 0.15) is 0 Å². The number of unbranched alkanes of at least 4 members (excludes halogenated alkanes) is 5. The summed E-state index contributed by atoms with van der Waals surface area (Å²) in [5.74, 6) is -6.83. The number of aryl methyl sites for hydroxylation is 1. The van der Waals surface area contributed by atoms with Crippen LogP contribution in [0.1, 0.15) is 104 Å². The van der Waals surface area contributed by atoms with Crippen LogP contribution in [0.15, 0.2) is 115 Å². The molecule has 0 aromatic heterocycles. The van der Waals surface area contributed by atoms with Crippen LogP contribution in [0, 0.1) is 23.7 Å². The molecular weight excluding hydrogens is 693 g/mol. The smallest absolute Gasteiger partial charge is 0.310 e. The minimum absolute atomic E-state index is 0.290. The van der Waals surface area contributed by atoms with E-state index in [4.69, 9.17) is 9.47 Å². The average molecular weight is 745 g/mol. The predicted octanol–water partition coefficient (Wildman–Crippen LogP) is 9.16. The SMILES string of the molecule is CC(C)OC(=O)C1C(c2ccccc2)C(C(=O)O)C1c1ccc(CCCCCCCCOC(=O)C2C(c3ccccc3)C(C(=O)O)C2c2ccccc2)cc1. The maximum atomic E-state index is 13.5. The first-order valence-electron chi connectivity index (χ1n) is 19.7. The van der Waals surface area contributed by atoms with Gasteiger partial charge in [-0.05, 0) is 60.9 Å². The number of esters is 2. The molecule has 0 spiro atoms. The van der Waals surface area contributed by atoms with Crippen LogP contribution < -0.4 is 0 Å². The third-order valence-electron chi connectivity index (χ3n) is 11.6. The lowest BCUT2D eigenvalue weighted by Gasteiger charge is -2.49. The van der Waals surface area contributed by atoms with Crippen molar-refractivity contribution >= 4 is 23.9 Å². The van der Waals surface area contributed by atoms with Crippen LogP contribution in [0.5, 0.6) is 0 Å². The number of carboxylic acid groups (broad SMARTS) is 2. The molecule has 8 heteroatoms. The molecule has 2 N–H and O–H groups in total. The van der Waals surface area contributed by atoms with E-state index < -0.39 is 59.3 Å². The van der Waals surface area contributed by atoms with E-state index in [1.54, 1.807) is 0 Å². The van der Waals surface area contributed by atoms with Crippen molar-refractivity contribution in [2.75, 3.05) is 6.61 Å². The monoisotopic (exact) mass is 744 g/mol. The number of rotatable bonds is 18. The second kappa shape index (κ2) is 18.4. The Hall–Kier alpha value is -5.24. The van der Waals surface area contributed by atoms with Gasteiger partial charge in [0.25, 0.3) is 0 Å². The number of hydrogen-bond acceptors (Lipinski definition) is 6. The molecule has 0 bridgehead atoms. The first-order chi connectivity index (χ1) is 26.7. The molecule has 2 saturated carbocycles. The van der Waals surface area contributed by atoms with Gasteiger partial charge >= 0.3 is 23.9 Å². The summed E-state index contributed by atoms with van der Waals surface area (Å²) in [4.78, 5) is 51.7. The molecule has 6 rings (SSSR count). The number of aliphatic carboxylic acids is 2. The number of carboxylic acids is 2. The Morgan fingerprint density at radius 1 is 0.491 bits per heavy atom. The molecule has 6 atom stereocenters. The number of hydrogen-bond donors (Lipinski definition) is 2. The molecule has 2 aliphatic carbocycles. The van der Waals surface area contributed by atoms with Gasteiger partial charge in [-0.1, -0.05) is 141 Å². The molecule has 4 aromatic rings. The maximum Gasteiger partial charge on any atom is 0.310 e. The summed E-state index contributed by atoms with van der Waals surface area (Å²) in [6.07, 6.45) is 6.46. The Bertz CT molecular complexity index is 1830. The van der Waals surface area contributed by atoms with E-state index in [1.807, 2.05) is 117 Å². The maximum absolute atomic E-state index is 13.5. The Kier molecular flexibility index (Phi) is 13.2. The van der Waals surface area contributed by atoms with E-state index in [9.17, 15) is 29.4 Å². The molecule has 8 nitrogen and oxygen atoms in total. The van der Waals surface area contributed by atoms with Crippen molar-refractivity contribution < 1.29 is 38.9 Å². The Labute approximate surface area is 323 Å². The van der Waals surface area contributed by atoms with Crippen molar-refractivity contribution in [3.05, 3.63) is 143 Å². The zero-order valence-corrected chi connectivity index (χ0v) is 31.7. The lowest BCUT2D eigenvalue weighted by molar-refractivity contribution is -0.167. The summed E-state index contributed by atoms with van der Waals surface area (Å²) in [5.41, 5.74) is 4.55. The summed E-state index contributed by atoms with van der Waals surface area (Å²) in [5, 5.41) is 20.4. The molecule has 55 heavy (non-hydrogen) atoms. The van der Waals surface area contributed by atoms with Gasteiger partial charge < -0.3 is 19.7 Å². The largest absolute Gasteiger partial charge is 0.481 e. The molecule has 2 fully saturated rings. The fraction of sp³-hybridized carbons (Fsp3) is 0.404. The second-order valence-electron chi connectivity index (χ2n) is 15.4. The summed E-state index contributed by atoms with van der Waals surface area (Å²) < 4.78 is 11.4. The van der Waals surface area contributed by atoms with Gasteiger partial charge in [-0.15, -0.1) is 0 Å². The van der Waals surface area contributed by atoms with Crippen molar-refractivity contribution in [2.24, 2.45) is 23.7 Å². The zero-order chi connectivity index (χ0) is 38.9. The predicted molar refractivity (Wildman–Crippen MR) is 210 cm³/mol. The van der Waals surface area contributed by atoms with Crippen LogP contribution in [-0.4, -0.2) is 46.8 Å². The molecule has 2 aliphatic rings. The second-order valence-corrected chi connectivity index (χ2v) is 15.4. The first-order valence-corrected chi connectivity index (χ1v) is 19.7. The van der Waals surface area contributed by atoms with E-state index in [-0.39, 0.29) is 18.0 Å². The Morgan fingerprint density at radius 2 is 0.873 bits per heavy atom. The van der Waals surface area contributed by atoms with Crippen LogP contribution in [0.4, 0.5) is 0 Å². The fourth-order valence-electron chi connectivity index (χ4n) is 9.01. The van der Waals surface area contributed by atoms with Crippen molar-refractivity contribution in [3.63, 3.8) is 0 Å². The highest BCUT2D eigenvalue weighted by Crippen LogP contribution is 2.59. The van der Waals surface area contributed by atoms with Gasteiger partial charge in [0, 0.05) is 23.7 Å². The quantitative estimate of drug-likeness (QED) is 0.0763. The van der Waals surface area contributed by atoms with Crippen LogP contribution >= 0.6 is 0 Å². The number of ether oxygens (including phenoxy) is 2. The minimum atomic E-state index is -0.907. The van der Waals surface area contributed by atoms with Crippen molar-refractivity contribution in [2.45, 2.75) is 88.6 Å². The van der Waals surface area contributed by atoms with Gasteiger partial charge in [0.05, 0.1) is 36.4 Å². The standard InChI is InChI=1S/C47H52O8/c1-30(2)55-47(53)43-38(34-23-15-9-16-24-34)41(45(50)51)39(43)35-27-25-31(26-28-35)18-10-5-3-4-6-17-29-54-46(52)42-36(32-19-11-7-12-20-32)40(44(48)49)37(42)33-21-13-8-14-22-33/h7-9,11-16,19-28,30,36-43H,3-6,10,17-18,29H2,1-2H3,(H,48,49)(H,50,51). The normalized spacial score (nSPS) is 24.3. The third kappa shape index (κ3) is 9.01. The molecule has 0 saturated heterocycles. The topological polar surface area (TPSA) is 127 Å². The van der Waals surface area contributed by atoms with Gasteiger partial charge in [0.15, 0.2) is 0 Å². The lowest BCUT2D eigenvalue weighted by Crippen LogP contribution is -2.51. The Balaban J connectivity index is 0.951. The van der Waals surface area contributed by atoms with E-state index in [1.165, 1.54) is 5.56 Å². The highest BCUT2D eigenvalue weighted by atomic mass is 16.5. The van der Waals surface area contributed by atoms with E-state index >= 15 is 0 Å². The van der Waals surface area contributed by atoms with Crippen LogP contribution in [0.2, 0.25) is 0 Å². The summed E-state index contributed by atoms with van der Waals surface area (Å²) in [6.45, 7) is 3.93. The molecule has 0 aliphatic heterocycles. The first kappa shape index (κ1) is 39.5. The molecular formula is C47H52O8. The molecule has 6 unspecified atom stereocenters. The van der Waals surface area contributed by atoms with Crippen molar-refractivity contribution in [1.29, 1.82) is 0 Å². The number of carbonyl (C=O) groups is 4. The zero-order valence-electron chi connectivity index (χ0n) is 31.7. The van der Waals surface area contributed by atoms with Crippen LogP contribution in [-0.2, 0) is 35.1 Å². The third-order valence-corrected chi connectivity index (χ3v) is 11.6.